The minimum atomic E-state index is -0.415. The Morgan fingerprint density at radius 1 is 0.500 bits per heavy atom. The van der Waals surface area contributed by atoms with Gasteiger partial charge in [0.15, 0.2) is 0 Å². The first-order chi connectivity index (χ1) is 27.6. The minimum Gasteiger partial charge on any atom is -0.361 e. The van der Waals surface area contributed by atoms with Gasteiger partial charge in [-0.25, -0.2) is 0 Å². The Kier molecular flexibility index (Phi) is 8.28. The summed E-state index contributed by atoms with van der Waals surface area (Å²) in [6.07, 6.45) is 2.17. The van der Waals surface area contributed by atoms with E-state index in [1.54, 1.807) is 0 Å². The van der Waals surface area contributed by atoms with Crippen LogP contribution >= 0.6 is 0 Å². The molecule has 2 heterocycles. The molecule has 0 saturated carbocycles. The average Bonchev–Trinajstić information content (AvgIpc) is 3.84. The Labute approximate surface area is 325 Å². The molecule has 0 aliphatic carbocycles. The summed E-state index contributed by atoms with van der Waals surface area (Å²) in [5.74, 6) is 0.340. The molecule has 10 aromatic rings. The van der Waals surface area contributed by atoms with E-state index in [2.05, 4.69) is 166 Å². The summed E-state index contributed by atoms with van der Waals surface area (Å²) < 4.78 is 4.69. The van der Waals surface area contributed by atoms with Crippen molar-refractivity contribution in [3.63, 3.8) is 0 Å². The van der Waals surface area contributed by atoms with Crippen LogP contribution in [0.15, 0.2) is 200 Å². The van der Waals surface area contributed by atoms with Crippen LogP contribution in [-0.4, -0.2) is 15.0 Å². The van der Waals surface area contributed by atoms with Gasteiger partial charge in [0.25, 0.3) is 0 Å². The number of nitrogens with one attached hydrogen (secondary N) is 2. The summed E-state index contributed by atoms with van der Waals surface area (Å²) in [6, 6.07) is 67.2. The van der Waals surface area contributed by atoms with E-state index in [9.17, 15) is 0 Å². The van der Waals surface area contributed by atoms with Gasteiger partial charge in [0, 0.05) is 44.7 Å². The number of nitrogens with zero attached hydrogens (tertiary/aromatic N) is 2. The second-order valence-corrected chi connectivity index (χ2v) is 14.4. The quantitative estimate of drug-likeness (QED) is 0.108. The molecule has 4 N–H and O–H groups in total. The number of hydrogen-bond donors (Lipinski definition) is 3. The largest absolute Gasteiger partial charge is 0.361 e. The molecule has 5 nitrogen and oxygen atoms in total. The zero-order chi connectivity index (χ0) is 37.6. The van der Waals surface area contributed by atoms with Crippen LogP contribution in [0.3, 0.4) is 0 Å². The molecule has 2 atom stereocenters. The maximum Gasteiger partial charge on any atom is 0.125 e. The fraction of sp³-hybridized carbons (Fsp3) is 0.0392. The molecule has 0 amide bonds. The first-order valence-corrected chi connectivity index (χ1v) is 19.0. The van der Waals surface area contributed by atoms with Crippen LogP contribution in [-0.2, 0) is 0 Å². The highest BCUT2D eigenvalue weighted by atomic mass is 15.0. The lowest BCUT2D eigenvalue weighted by Gasteiger charge is -2.27. The van der Waals surface area contributed by atoms with Gasteiger partial charge in [-0.3, -0.25) is 5.41 Å². The third kappa shape index (κ3) is 5.82. The maximum atomic E-state index is 8.91. The van der Waals surface area contributed by atoms with Gasteiger partial charge in [-0.2, -0.15) is 0 Å². The molecule has 8 aromatic carbocycles. The van der Waals surface area contributed by atoms with Gasteiger partial charge in [-0.1, -0.05) is 140 Å². The highest BCUT2D eigenvalue weighted by molar-refractivity contribution is 6.20. The number of fused-ring (bicyclic) bond motifs is 6. The Morgan fingerprint density at radius 2 is 1.16 bits per heavy atom. The topological polar surface area (TPSA) is 71.8 Å². The van der Waals surface area contributed by atoms with Crippen LogP contribution in [0.5, 0.6) is 0 Å². The van der Waals surface area contributed by atoms with Crippen molar-refractivity contribution in [1.29, 1.82) is 5.41 Å². The Morgan fingerprint density at radius 3 is 1.96 bits per heavy atom. The second kappa shape index (κ2) is 13.9. The highest BCUT2D eigenvalue weighted by Crippen LogP contribution is 2.39. The SMILES string of the molecule is N=C(NC(c1ccccc1)C(N)c1cccc(-c2cccc(-n3c4ccccc4c4ccc5cc6c(ccn6-c6ccccc6)cc5c43)c2)c1)c1ccccc1. The van der Waals surface area contributed by atoms with E-state index in [0.717, 1.165) is 39.2 Å². The van der Waals surface area contributed by atoms with Crippen LogP contribution in [0.25, 0.3) is 66.0 Å². The van der Waals surface area contributed by atoms with Crippen molar-refractivity contribution in [3.05, 3.63) is 217 Å². The fourth-order valence-electron chi connectivity index (χ4n) is 8.32. The van der Waals surface area contributed by atoms with E-state index in [-0.39, 0.29) is 6.04 Å². The van der Waals surface area contributed by atoms with Crippen molar-refractivity contribution in [2.75, 3.05) is 0 Å². The number of benzene rings is 8. The molecule has 0 saturated heterocycles. The number of para-hydroxylation sites is 2. The molecule has 0 radical (unpaired) electrons. The monoisotopic (exact) mass is 721 g/mol. The lowest BCUT2D eigenvalue weighted by molar-refractivity contribution is 0.524. The minimum absolute atomic E-state index is 0.313. The van der Waals surface area contributed by atoms with E-state index < -0.39 is 6.04 Å². The molecule has 268 valence electrons. The zero-order valence-electron chi connectivity index (χ0n) is 30.7. The van der Waals surface area contributed by atoms with Crippen LogP contribution in [0.2, 0.25) is 0 Å². The van der Waals surface area contributed by atoms with Gasteiger partial charge >= 0.3 is 0 Å². The Balaban J connectivity index is 1.07. The predicted molar refractivity (Wildman–Crippen MR) is 233 cm³/mol. The van der Waals surface area contributed by atoms with Gasteiger partial charge in [0.1, 0.15) is 5.84 Å². The summed E-state index contributed by atoms with van der Waals surface area (Å²) >= 11 is 0. The van der Waals surface area contributed by atoms with Crippen molar-refractivity contribution in [2.45, 2.75) is 12.1 Å². The van der Waals surface area contributed by atoms with Crippen LogP contribution in [0, 0.1) is 5.41 Å². The van der Waals surface area contributed by atoms with E-state index in [1.807, 2.05) is 48.5 Å². The molecule has 0 bridgehead atoms. The van der Waals surface area contributed by atoms with E-state index in [1.165, 1.54) is 43.5 Å². The number of amidine groups is 1. The van der Waals surface area contributed by atoms with Crippen molar-refractivity contribution in [1.82, 2.24) is 14.5 Å². The molecule has 0 aliphatic heterocycles. The third-order valence-electron chi connectivity index (χ3n) is 11.1. The van der Waals surface area contributed by atoms with E-state index in [0.29, 0.717) is 5.84 Å². The van der Waals surface area contributed by atoms with E-state index >= 15 is 0 Å². The number of aromatic nitrogens is 2. The third-order valence-corrected chi connectivity index (χ3v) is 11.1. The van der Waals surface area contributed by atoms with Gasteiger partial charge in [-0.05, 0) is 82.2 Å². The number of nitrogens with two attached hydrogens (primary N) is 1. The molecule has 0 spiro atoms. The van der Waals surface area contributed by atoms with Crippen LogP contribution in [0.1, 0.15) is 28.8 Å². The second-order valence-electron chi connectivity index (χ2n) is 14.4. The van der Waals surface area contributed by atoms with Crippen LogP contribution < -0.4 is 11.1 Å². The maximum absolute atomic E-state index is 8.91. The van der Waals surface area contributed by atoms with Gasteiger partial charge in [0.05, 0.1) is 28.6 Å². The first kappa shape index (κ1) is 33.4. The zero-order valence-corrected chi connectivity index (χ0v) is 30.7. The molecule has 2 aromatic heterocycles. The van der Waals surface area contributed by atoms with Crippen LogP contribution in [0.4, 0.5) is 0 Å². The number of hydrogen-bond acceptors (Lipinski definition) is 2. The summed E-state index contributed by atoms with van der Waals surface area (Å²) in [6.45, 7) is 0. The standard InChI is InChI=1S/C51H39N5/c52-48(49(34-14-4-1-5-15-34)54-51(53)35-16-6-2-7-17-35)40-20-12-18-36(30-40)37-19-13-23-42(31-37)56-46-25-11-10-24-43(46)44-27-26-38-33-47-39(32-45(38)50(44)56)28-29-55(47)41-21-8-3-9-22-41/h1-33,48-49H,52H2,(H2,53,54). The fourth-order valence-corrected chi connectivity index (χ4v) is 8.32. The Hall–Kier alpha value is -7.21. The molecule has 5 heteroatoms. The number of rotatable bonds is 8. The first-order valence-electron chi connectivity index (χ1n) is 19.0. The predicted octanol–water partition coefficient (Wildman–Crippen LogP) is 11.9. The molecule has 2 unspecified atom stereocenters. The highest BCUT2D eigenvalue weighted by Gasteiger charge is 2.24. The van der Waals surface area contributed by atoms with Crippen molar-refractivity contribution >= 4 is 49.3 Å². The molecule has 56 heavy (non-hydrogen) atoms. The summed E-state index contributed by atoms with van der Waals surface area (Å²) in [5.41, 5.74) is 18.0. The molecular weight excluding hydrogens is 683 g/mol. The molecular formula is C51H39N5. The lowest BCUT2D eigenvalue weighted by Crippen LogP contribution is -2.36. The van der Waals surface area contributed by atoms with Crippen molar-refractivity contribution in [3.8, 4) is 22.5 Å². The summed E-state index contributed by atoms with van der Waals surface area (Å²) in [5, 5.41) is 18.4. The van der Waals surface area contributed by atoms with E-state index in [4.69, 9.17) is 11.1 Å². The molecule has 0 fully saturated rings. The van der Waals surface area contributed by atoms with Gasteiger partial charge in [0.2, 0.25) is 0 Å². The summed E-state index contributed by atoms with van der Waals surface area (Å²) in [4.78, 5) is 0. The molecule has 0 aliphatic rings. The Bertz CT molecular complexity index is 3030. The summed E-state index contributed by atoms with van der Waals surface area (Å²) in [7, 11) is 0. The average molecular weight is 722 g/mol. The van der Waals surface area contributed by atoms with Gasteiger partial charge < -0.3 is 20.2 Å². The van der Waals surface area contributed by atoms with Crippen molar-refractivity contribution in [2.24, 2.45) is 5.73 Å². The lowest BCUT2D eigenvalue weighted by atomic mass is 9.91. The smallest absolute Gasteiger partial charge is 0.125 e. The normalized spacial score (nSPS) is 12.7. The van der Waals surface area contributed by atoms with Crippen molar-refractivity contribution < 1.29 is 0 Å². The van der Waals surface area contributed by atoms with Gasteiger partial charge in [-0.15, -0.1) is 0 Å². The molecule has 10 rings (SSSR count).